The number of aromatic amines is 1. The number of H-pyrrole nitrogens is 1. The van der Waals surface area contributed by atoms with Gasteiger partial charge in [0.05, 0.1) is 27.9 Å². The van der Waals surface area contributed by atoms with Gasteiger partial charge < -0.3 is 14.7 Å². The highest BCUT2D eigenvalue weighted by Gasteiger charge is 2.30. The number of aromatic nitrogens is 1. The number of non-ortho nitro benzene ring substituents is 1. The summed E-state index contributed by atoms with van der Waals surface area (Å²) < 4.78 is 0. The number of likely N-dealkylation sites (N-methyl/N-ethyl adjacent to an activating group) is 2. The van der Waals surface area contributed by atoms with E-state index in [1.807, 2.05) is 6.07 Å². The van der Waals surface area contributed by atoms with E-state index in [2.05, 4.69) is 4.98 Å². The zero-order chi connectivity index (χ0) is 23.4. The number of nitro groups is 1. The molecule has 3 rings (SSSR count). The van der Waals surface area contributed by atoms with Crippen LogP contribution >= 0.6 is 11.6 Å². The topological polar surface area (TPSA) is 99.6 Å². The zero-order valence-electron chi connectivity index (χ0n) is 18.1. The fraction of sp³-hybridized carbons (Fsp3) is 0.304. The summed E-state index contributed by atoms with van der Waals surface area (Å²) in [6.07, 6.45) is 3.04. The van der Waals surface area contributed by atoms with Gasteiger partial charge in [0, 0.05) is 24.3 Å². The van der Waals surface area contributed by atoms with Gasteiger partial charge in [-0.1, -0.05) is 29.8 Å². The van der Waals surface area contributed by atoms with Gasteiger partial charge in [0.15, 0.2) is 0 Å². The number of aldehydes is 1. The molecule has 0 bridgehead atoms. The maximum absolute atomic E-state index is 13.4. The number of fused-ring (bicyclic) bond motifs is 1. The van der Waals surface area contributed by atoms with Crippen LogP contribution in [-0.2, 0) is 22.4 Å². The van der Waals surface area contributed by atoms with E-state index in [9.17, 15) is 19.7 Å². The summed E-state index contributed by atoms with van der Waals surface area (Å²) >= 11 is 6.04. The molecule has 1 heterocycles. The van der Waals surface area contributed by atoms with Crippen LogP contribution in [-0.4, -0.2) is 65.1 Å². The first-order chi connectivity index (χ1) is 15.2. The van der Waals surface area contributed by atoms with Gasteiger partial charge in [0.2, 0.25) is 5.91 Å². The highest BCUT2D eigenvalue weighted by atomic mass is 35.5. The Kier molecular flexibility index (Phi) is 7.27. The molecule has 0 saturated carbocycles. The van der Waals surface area contributed by atoms with E-state index in [1.165, 1.54) is 11.0 Å². The predicted molar refractivity (Wildman–Crippen MR) is 124 cm³/mol. The summed E-state index contributed by atoms with van der Waals surface area (Å²) in [5.41, 5.74) is 2.15. The highest BCUT2D eigenvalue weighted by Crippen LogP contribution is 2.30. The molecule has 2 atom stereocenters. The fourth-order valence-electron chi connectivity index (χ4n) is 3.83. The molecule has 2 unspecified atom stereocenters. The Morgan fingerprint density at radius 2 is 1.91 bits per heavy atom. The number of hydrogen-bond acceptors (Lipinski definition) is 5. The quantitative estimate of drug-likeness (QED) is 0.302. The number of nitrogens with zero attached hydrogens (tertiary/aromatic N) is 3. The molecule has 168 valence electrons. The third-order valence-corrected chi connectivity index (χ3v) is 5.85. The number of amides is 1. The van der Waals surface area contributed by atoms with Gasteiger partial charge in [0.25, 0.3) is 5.69 Å². The van der Waals surface area contributed by atoms with Crippen molar-refractivity contribution in [3.63, 3.8) is 0 Å². The molecular weight excluding hydrogens is 432 g/mol. The van der Waals surface area contributed by atoms with E-state index >= 15 is 0 Å². The van der Waals surface area contributed by atoms with Crippen LogP contribution in [0.3, 0.4) is 0 Å². The Morgan fingerprint density at radius 3 is 2.53 bits per heavy atom. The lowest BCUT2D eigenvalue weighted by atomic mass is 10.0. The first kappa shape index (κ1) is 23.4. The molecule has 0 aliphatic heterocycles. The monoisotopic (exact) mass is 456 g/mol. The number of rotatable bonds is 9. The number of halogens is 1. The molecule has 32 heavy (non-hydrogen) atoms. The Hall–Kier alpha value is -3.23. The van der Waals surface area contributed by atoms with E-state index in [0.717, 1.165) is 11.8 Å². The minimum Gasteiger partial charge on any atom is -0.361 e. The van der Waals surface area contributed by atoms with Crippen LogP contribution in [0.1, 0.15) is 11.1 Å². The Labute approximate surface area is 190 Å². The van der Waals surface area contributed by atoms with Gasteiger partial charge >= 0.3 is 0 Å². The van der Waals surface area contributed by atoms with Gasteiger partial charge in [-0.2, -0.15) is 0 Å². The van der Waals surface area contributed by atoms with E-state index in [0.29, 0.717) is 27.9 Å². The standard InChI is InChI=1S/C23H25ClN4O4/c1-26(2)21(12-16-13-25-19-8-5-9-20(22(16)19)28(31)32)23(30)27(3)18(14-29)11-15-6-4-7-17(24)10-15/h4-10,13-14,18,21,25H,11-12H2,1-3H3. The third kappa shape index (κ3) is 4.98. The first-order valence-corrected chi connectivity index (χ1v) is 10.5. The van der Waals surface area contributed by atoms with Crippen molar-refractivity contribution in [2.24, 2.45) is 0 Å². The minimum atomic E-state index is -0.666. The summed E-state index contributed by atoms with van der Waals surface area (Å²) in [6, 6.07) is 10.7. The van der Waals surface area contributed by atoms with Crippen LogP contribution in [0.5, 0.6) is 0 Å². The lowest BCUT2D eigenvalue weighted by Gasteiger charge is -2.31. The van der Waals surface area contributed by atoms with Crippen molar-refractivity contribution >= 4 is 40.4 Å². The predicted octanol–water partition coefficient (Wildman–Crippen LogP) is 3.47. The van der Waals surface area contributed by atoms with Crippen molar-refractivity contribution in [3.05, 3.63) is 74.9 Å². The third-order valence-electron chi connectivity index (χ3n) is 5.62. The van der Waals surface area contributed by atoms with Gasteiger partial charge in [-0.3, -0.25) is 19.8 Å². The van der Waals surface area contributed by atoms with Gasteiger partial charge in [-0.05, 0) is 56.3 Å². The van der Waals surface area contributed by atoms with Crippen LogP contribution in [0.4, 0.5) is 5.69 Å². The normalized spacial score (nSPS) is 13.2. The van der Waals surface area contributed by atoms with Crippen LogP contribution in [0.15, 0.2) is 48.7 Å². The van der Waals surface area contributed by atoms with Crippen LogP contribution in [0.25, 0.3) is 10.9 Å². The molecular formula is C23H25ClN4O4. The summed E-state index contributed by atoms with van der Waals surface area (Å²) in [5.74, 6) is -0.248. The molecule has 9 heteroatoms. The number of carbonyl (C=O) groups excluding carboxylic acids is 2. The lowest BCUT2D eigenvalue weighted by molar-refractivity contribution is -0.383. The Bertz CT molecular complexity index is 1140. The van der Waals surface area contributed by atoms with E-state index in [4.69, 9.17) is 11.6 Å². The molecule has 1 aromatic heterocycles. The second-order valence-electron chi connectivity index (χ2n) is 7.94. The highest BCUT2D eigenvalue weighted by molar-refractivity contribution is 6.30. The minimum absolute atomic E-state index is 0.0104. The van der Waals surface area contributed by atoms with Crippen LogP contribution < -0.4 is 0 Å². The largest absolute Gasteiger partial charge is 0.361 e. The molecule has 0 spiro atoms. The van der Waals surface area contributed by atoms with Crippen molar-refractivity contribution in [2.75, 3.05) is 21.1 Å². The molecule has 2 aromatic carbocycles. The number of nitro benzene ring substituents is 1. The zero-order valence-corrected chi connectivity index (χ0v) is 18.9. The maximum atomic E-state index is 13.4. The van der Waals surface area contributed by atoms with Crippen molar-refractivity contribution in [3.8, 4) is 0 Å². The molecule has 1 amide bonds. The van der Waals surface area contributed by atoms with Crippen molar-refractivity contribution in [2.45, 2.75) is 24.9 Å². The molecule has 0 saturated heterocycles. The number of carbonyl (C=O) groups is 2. The summed E-state index contributed by atoms with van der Waals surface area (Å²) in [6.45, 7) is 0. The molecule has 8 nitrogen and oxygen atoms in total. The van der Waals surface area contributed by atoms with Gasteiger partial charge in [-0.25, -0.2) is 0 Å². The van der Waals surface area contributed by atoms with E-state index in [1.54, 1.807) is 62.6 Å². The van der Waals surface area contributed by atoms with Gasteiger partial charge in [0.1, 0.15) is 6.29 Å². The molecule has 3 aromatic rings. The molecule has 1 N–H and O–H groups in total. The fourth-order valence-corrected chi connectivity index (χ4v) is 4.04. The smallest absolute Gasteiger partial charge is 0.279 e. The summed E-state index contributed by atoms with van der Waals surface area (Å²) in [7, 11) is 5.14. The average Bonchev–Trinajstić information content (AvgIpc) is 3.17. The number of nitrogens with one attached hydrogen (secondary N) is 1. The van der Waals surface area contributed by atoms with Crippen LogP contribution in [0.2, 0.25) is 5.02 Å². The Balaban J connectivity index is 1.86. The summed E-state index contributed by atoms with van der Waals surface area (Å²) in [4.78, 5) is 42.5. The second kappa shape index (κ2) is 9.93. The molecule has 0 radical (unpaired) electrons. The molecule has 0 aliphatic carbocycles. The van der Waals surface area contributed by atoms with Crippen molar-refractivity contribution < 1.29 is 14.5 Å². The van der Waals surface area contributed by atoms with Crippen LogP contribution in [0, 0.1) is 10.1 Å². The lowest BCUT2D eigenvalue weighted by Crippen LogP contribution is -2.50. The van der Waals surface area contributed by atoms with Crippen molar-refractivity contribution in [1.29, 1.82) is 0 Å². The average molecular weight is 457 g/mol. The Morgan fingerprint density at radius 1 is 1.19 bits per heavy atom. The molecule has 0 fully saturated rings. The van der Waals surface area contributed by atoms with Gasteiger partial charge in [-0.15, -0.1) is 0 Å². The summed E-state index contributed by atoms with van der Waals surface area (Å²) in [5, 5.41) is 12.6. The van der Waals surface area contributed by atoms with E-state index < -0.39 is 17.0 Å². The second-order valence-corrected chi connectivity index (χ2v) is 8.38. The SMILES string of the molecule is CN(C)C(Cc1c[nH]c2cccc([N+](=O)[O-])c12)C(=O)N(C)C(C=O)Cc1cccc(Cl)c1. The van der Waals surface area contributed by atoms with Crippen molar-refractivity contribution in [1.82, 2.24) is 14.8 Å². The molecule has 0 aliphatic rings. The maximum Gasteiger partial charge on any atom is 0.279 e. The van der Waals surface area contributed by atoms with E-state index in [-0.39, 0.29) is 18.0 Å². The number of hydrogen-bond donors (Lipinski definition) is 1. The first-order valence-electron chi connectivity index (χ1n) is 10.1. The number of benzene rings is 2.